The van der Waals surface area contributed by atoms with Crippen LogP contribution in [-0.2, 0) is 12.8 Å². The van der Waals surface area contributed by atoms with Crippen LogP contribution in [0.15, 0.2) is 42.7 Å². The van der Waals surface area contributed by atoms with Crippen LogP contribution in [0.2, 0.25) is 5.02 Å². The van der Waals surface area contributed by atoms with Crippen molar-refractivity contribution < 1.29 is 4.74 Å². The number of nitrogens with two attached hydrogens (primary N) is 1. The summed E-state index contributed by atoms with van der Waals surface area (Å²) in [6.45, 7) is 2.57. The second kappa shape index (κ2) is 7.27. The van der Waals surface area contributed by atoms with Crippen LogP contribution in [0.25, 0.3) is 0 Å². The van der Waals surface area contributed by atoms with Gasteiger partial charge < -0.3 is 10.5 Å². The van der Waals surface area contributed by atoms with Gasteiger partial charge in [-0.3, -0.25) is 4.98 Å². The van der Waals surface area contributed by atoms with E-state index in [0.717, 1.165) is 18.4 Å². The van der Waals surface area contributed by atoms with E-state index in [1.54, 1.807) is 12.4 Å². The summed E-state index contributed by atoms with van der Waals surface area (Å²) in [6, 6.07) is 9.94. The smallest absolute Gasteiger partial charge is 0.137 e. The van der Waals surface area contributed by atoms with Crippen molar-refractivity contribution in [3.63, 3.8) is 0 Å². The molecule has 0 saturated carbocycles. The first kappa shape index (κ1) is 14.8. The van der Waals surface area contributed by atoms with Gasteiger partial charge in [-0.15, -0.1) is 0 Å². The Balaban J connectivity index is 1.90. The lowest BCUT2D eigenvalue weighted by Gasteiger charge is -2.10. The van der Waals surface area contributed by atoms with E-state index in [-0.39, 0.29) is 6.04 Å². The zero-order valence-corrected chi connectivity index (χ0v) is 12.3. The van der Waals surface area contributed by atoms with Crippen LogP contribution in [0.1, 0.15) is 18.1 Å². The molecule has 0 radical (unpaired) electrons. The Labute approximate surface area is 124 Å². The van der Waals surface area contributed by atoms with Crippen LogP contribution < -0.4 is 10.5 Å². The zero-order valence-electron chi connectivity index (χ0n) is 11.6. The number of rotatable bonds is 6. The average molecular weight is 291 g/mol. The summed E-state index contributed by atoms with van der Waals surface area (Å²) in [4.78, 5) is 3.99. The molecule has 0 spiro atoms. The largest absolute Gasteiger partial charge is 0.492 e. The lowest BCUT2D eigenvalue weighted by Crippen LogP contribution is -2.17. The Morgan fingerprint density at radius 3 is 2.60 bits per heavy atom. The SMILES string of the molecule is CC(N)Cc1ccc(OCCc2ccncc2)c(Cl)c1. The molecule has 0 aliphatic rings. The number of ether oxygens (including phenoxy) is 1. The third kappa shape index (κ3) is 4.51. The second-order valence-electron chi connectivity index (χ2n) is 4.90. The topological polar surface area (TPSA) is 48.1 Å². The maximum absolute atomic E-state index is 6.22. The highest BCUT2D eigenvalue weighted by molar-refractivity contribution is 6.32. The van der Waals surface area contributed by atoms with Gasteiger partial charge in [0.05, 0.1) is 11.6 Å². The van der Waals surface area contributed by atoms with Crippen molar-refractivity contribution in [1.82, 2.24) is 4.98 Å². The molecule has 106 valence electrons. The molecule has 1 aromatic carbocycles. The minimum Gasteiger partial charge on any atom is -0.492 e. The number of hydrogen-bond donors (Lipinski definition) is 1. The molecule has 1 unspecified atom stereocenters. The zero-order chi connectivity index (χ0) is 14.4. The van der Waals surface area contributed by atoms with E-state index >= 15 is 0 Å². The fourth-order valence-corrected chi connectivity index (χ4v) is 2.25. The molecule has 2 N–H and O–H groups in total. The van der Waals surface area contributed by atoms with Gasteiger partial charge in [0, 0.05) is 24.9 Å². The standard InChI is InChI=1S/C16H19ClN2O/c1-12(18)10-14-2-3-16(15(17)11-14)20-9-6-13-4-7-19-8-5-13/h2-5,7-8,11-12H,6,9-10,18H2,1H3. The predicted octanol–water partition coefficient (Wildman–Crippen LogP) is 3.25. The van der Waals surface area contributed by atoms with Gasteiger partial charge in [-0.05, 0) is 48.7 Å². The molecule has 0 aliphatic carbocycles. The number of aromatic nitrogens is 1. The molecule has 20 heavy (non-hydrogen) atoms. The van der Waals surface area contributed by atoms with Gasteiger partial charge in [0.2, 0.25) is 0 Å². The van der Waals surface area contributed by atoms with Gasteiger partial charge in [0.15, 0.2) is 0 Å². The van der Waals surface area contributed by atoms with Gasteiger partial charge in [0.1, 0.15) is 5.75 Å². The fourth-order valence-electron chi connectivity index (χ4n) is 1.99. The molecule has 0 saturated heterocycles. The summed E-state index contributed by atoms with van der Waals surface area (Å²) < 4.78 is 5.72. The third-order valence-electron chi connectivity index (χ3n) is 2.95. The summed E-state index contributed by atoms with van der Waals surface area (Å²) in [5.74, 6) is 0.717. The monoisotopic (exact) mass is 290 g/mol. The summed E-state index contributed by atoms with van der Waals surface area (Å²) in [5, 5.41) is 0.637. The molecule has 0 fully saturated rings. The van der Waals surface area contributed by atoms with Crippen molar-refractivity contribution in [2.45, 2.75) is 25.8 Å². The molecule has 4 heteroatoms. The molecule has 1 heterocycles. The number of nitrogens with zero attached hydrogens (tertiary/aromatic N) is 1. The molecule has 0 aliphatic heterocycles. The molecular weight excluding hydrogens is 272 g/mol. The fraction of sp³-hybridized carbons (Fsp3) is 0.312. The van der Waals surface area contributed by atoms with Crippen molar-refractivity contribution in [3.05, 3.63) is 58.9 Å². The van der Waals surface area contributed by atoms with Gasteiger partial charge in [-0.2, -0.15) is 0 Å². The molecule has 3 nitrogen and oxygen atoms in total. The van der Waals surface area contributed by atoms with E-state index in [1.165, 1.54) is 5.56 Å². The highest BCUT2D eigenvalue weighted by Gasteiger charge is 2.05. The maximum Gasteiger partial charge on any atom is 0.137 e. The summed E-state index contributed by atoms with van der Waals surface area (Å²) in [6.07, 6.45) is 5.22. The second-order valence-corrected chi connectivity index (χ2v) is 5.31. The Hall–Kier alpha value is -1.58. The van der Waals surface area contributed by atoms with Crippen LogP contribution >= 0.6 is 11.6 Å². The molecule has 2 aromatic rings. The Kier molecular flexibility index (Phi) is 5.39. The number of halogens is 1. The van der Waals surface area contributed by atoms with Crippen LogP contribution in [-0.4, -0.2) is 17.6 Å². The number of hydrogen-bond acceptors (Lipinski definition) is 3. The van der Waals surface area contributed by atoms with Gasteiger partial charge in [0.25, 0.3) is 0 Å². The molecular formula is C16H19ClN2O. The Bertz CT molecular complexity index is 543. The highest BCUT2D eigenvalue weighted by Crippen LogP contribution is 2.26. The predicted molar refractivity (Wildman–Crippen MR) is 82.2 cm³/mol. The van der Waals surface area contributed by atoms with Crippen molar-refractivity contribution >= 4 is 11.6 Å². The van der Waals surface area contributed by atoms with Crippen molar-refractivity contribution in [2.24, 2.45) is 5.73 Å². The van der Waals surface area contributed by atoms with Crippen LogP contribution in [0.3, 0.4) is 0 Å². The van der Waals surface area contributed by atoms with E-state index < -0.39 is 0 Å². The van der Waals surface area contributed by atoms with Crippen LogP contribution in [0, 0.1) is 0 Å². The van der Waals surface area contributed by atoms with E-state index in [4.69, 9.17) is 22.1 Å². The van der Waals surface area contributed by atoms with E-state index in [2.05, 4.69) is 4.98 Å². The van der Waals surface area contributed by atoms with Crippen molar-refractivity contribution in [1.29, 1.82) is 0 Å². The van der Waals surface area contributed by atoms with Crippen LogP contribution in [0.5, 0.6) is 5.75 Å². The van der Waals surface area contributed by atoms with Gasteiger partial charge >= 0.3 is 0 Å². The number of benzene rings is 1. The lowest BCUT2D eigenvalue weighted by molar-refractivity contribution is 0.322. The normalized spacial score (nSPS) is 12.2. The van der Waals surface area contributed by atoms with Crippen LogP contribution in [0.4, 0.5) is 0 Å². The minimum atomic E-state index is 0.129. The summed E-state index contributed by atoms with van der Waals surface area (Å²) in [7, 11) is 0. The summed E-state index contributed by atoms with van der Waals surface area (Å²) in [5.41, 5.74) is 8.11. The van der Waals surface area contributed by atoms with Gasteiger partial charge in [-0.25, -0.2) is 0 Å². The van der Waals surface area contributed by atoms with E-state index in [1.807, 2.05) is 37.3 Å². The average Bonchev–Trinajstić information content (AvgIpc) is 2.42. The lowest BCUT2D eigenvalue weighted by atomic mass is 10.1. The molecule has 2 rings (SSSR count). The first-order valence-electron chi connectivity index (χ1n) is 6.71. The molecule has 1 aromatic heterocycles. The first-order valence-corrected chi connectivity index (χ1v) is 7.08. The molecule has 0 bridgehead atoms. The quantitative estimate of drug-likeness (QED) is 0.888. The van der Waals surface area contributed by atoms with Crippen molar-refractivity contribution in [3.8, 4) is 5.75 Å². The Morgan fingerprint density at radius 1 is 1.20 bits per heavy atom. The van der Waals surface area contributed by atoms with E-state index in [0.29, 0.717) is 17.4 Å². The highest BCUT2D eigenvalue weighted by atomic mass is 35.5. The first-order chi connectivity index (χ1) is 9.65. The van der Waals surface area contributed by atoms with E-state index in [9.17, 15) is 0 Å². The minimum absolute atomic E-state index is 0.129. The Morgan fingerprint density at radius 2 is 1.95 bits per heavy atom. The third-order valence-corrected chi connectivity index (χ3v) is 3.25. The number of pyridine rings is 1. The van der Waals surface area contributed by atoms with Gasteiger partial charge in [-0.1, -0.05) is 17.7 Å². The van der Waals surface area contributed by atoms with Crippen molar-refractivity contribution in [2.75, 3.05) is 6.61 Å². The molecule has 1 atom stereocenters. The molecule has 0 amide bonds. The summed E-state index contributed by atoms with van der Waals surface area (Å²) >= 11 is 6.22. The maximum atomic E-state index is 6.22.